The van der Waals surface area contributed by atoms with Crippen molar-refractivity contribution in [2.24, 2.45) is 0 Å². The van der Waals surface area contributed by atoms with Gasteiger partial charge in [0.1, 0.15) is 0 Å². The van der Waals surface area contributed by atoms with Gasteiger partial charge < -0.3 is 16.0 Å². The number of imidazole rings is 1. The third-order valence-electron chi connectivity index (χ3n) is 2.37. The Balaban J connectivity index is 2.31. The van der Waals surface area contributed by atoms with Crippen LogP contribution in [-0.4, -0.2) is 22.4 Å². The average molecular weight is 230 g/mol. The number of rotatable bonds is 3. The van der Waals surface area contributed by atoms with Crippen LogP contribution in [0.1, 0.15) is 17.3 Å². The molecule has 0 bridgehead atoms. The van der Waals surface area contributed by atoms with Crippen molar-refractivity contribution in [3.8, 4) is 11.3 Å². The highest BCUT2D eigenvalue weighted by molar-refractivity contribution is 5.95. The zero-order chi connectivity index (χ0) is 12.3. The van der Waals surface area contributed by atoms with E-state index in [9.17, 15) is 4.79 Å². The lowest BCUT2D eigenvalue weighted by atomic mass is 10.1. The van der Waals surface area contributed by atoms with E-state index < -0.39 is 0 Å². The normalized spacial score (nSPS) is 10.2. The second-order valence-electron chi connectivity index (χ2n) is 3.62. The smallest absolute Gasteiger partial charge is 0.251 e. The van der Waals surface area contributed by atoms with Gasteiger partial charge in [-0.3, -0.25) is 4.79 Å². The number of anilines is 1. The molecule has 2 aromatic rings. The SMILES string of the molecule is CCNC(=O)c1cccc(-c2cnc(N)[nH]2)c1. The van der Waals surface area contributed by atoms with E-state index in [1.807, 2.05) is 19.1 Å². The third kappa shape index (κ3) is 2.44. The number of nitrogens with two attached hydrogens (primary N) is 1. The number of carbonyl (C=O) groups excluding carboxylic acids is 1. The molecule has 2 rings (SSSR count). The highest BCUT2D eigenvalue weighted by atomic mass is 16.1. The second-order valence-corrected chi connectivity index (χ2v) is 3.62. The van der Waals surface area contributed by atoms with Gasteiger partial charge in [0.15, 0.2) is 5.95 Å². The Morgan fingerprint density at radius 2 is 2.35 bits per heavy atom. The Bertz CT molecular complexity index is 533. The summed E-state index contributed by atoms with van der Waals surface area (Å²) in [6, 6.07) is 7.30. The highest BCUT2D eigenvalue weighted by Gasteiger charge is 2.07. The molecule has 88 valence electrons. The van der Waals surface area contributed by atoms with Crippen LogP contribution in [0.3, 0.4) is 0 Å². The molecule has 0 unspecified atom stereocenters. The van der Waals surface area contributed by atoms with Gasteiger partial charge >= 0.3 is 0 Å². The van der Waals surface area contributed by atoms with Crippen molar-refractivity contribution in [2.45, 2.75) is 6.92 Å². The fraction of sp³-hybridized carbons (Fsp3) is 0.167. The zero-order valence-corrected chi connectivity index (χ0v) is 9.53. The summed E-state index contributed by atoms with van der Waals surface area (Å²) < 4.78 is 0. The number of benzene rings is 1. The Labute approximate surface area is 99.1 Å². The number of hydrogen-bond donors (Lipinski definition) is 3. The summed E-state index contributed by atoms with van der Waals surface area (Å²) in [6.07, 6.45) is 1.65. The quantitative estimate of drug-likeness (QED) is 0.745. The van der Waals surface area contributed by atoms with E-state index in [1.54, 1.807) is 18.3 Å². The molecule has 0 fully saturated rings. The molecule has 0 aliphatic heterocycles. The van der Waals surface area contributed by atoms with Crippen molar-refractivity contribution in [1.29, 1.82) is 0 Å². The number of aromatic amines is 1. The Kier molecular flexibility index (Phi) is 3.09. The largest absolute Gasteiger partial charge is 0.369 e. The first-order valence-electron chi connectivity index (χ1n) is 5.40. The third-order valence-corrected chi connectivity index (χ3v) is 2.37. The minimum atomic E-state index is -0.0816. The fourth-order valence-electron chi connectivity index (χ4n) is 1.57. The van der Waals surface area contributed by atoms with Crippen LogP contribution in [0.2, 0.25) is 0 Å². The predicted octanol–water partition coefficient (Wildman–Crippen LogP) is 1.41. The maximum Gasteiger partial charge on any atom is 0.251 e. The summed E-state index contributed by atoms with van der Waals surface area (Å²) in [5.41, 5.74) is 7.82. The zero-order valence-electron chi connectivity index (χ0n) is 9.53. The summed E-state index contributed by atoms with van der Waals surface area (Å²) in [5.74, 6) is 0.283. The van der Waals surface area contributed by atoms with Crippen LogP contribution in [0.5, 0.6) is 0 Å². The van der Waals surface area contributed by atoms with Gasteiger partial charge in [0.05, 0.1) is 11.9 Å². The number of aromatic nitrogens is 2. The van der Waals surface area contributed by atoms with Crippen molar-refractivity contribution < 1.29 is 4.79 Å². The van der Waals surface area contributed by atoms with Crippen LogP contribution in [0, 0.1) is 0 Å². The van der Waals surface area contributed by atoms with Gasteiger partial charge in [-0.05, 0) is 19.1 Å². The molecule has 4 N–H and O–H groups in total. The van der Waals surface area contributed by atoms with Crippen LogP contribution < -0.4 is 11.1 Å². The number of nitrogens with zero attached hydrogens (tertiary/aromatic N) is 1. The van der Waals surface area contributed by atoms with Crippen molar-refractivity contribution in [2.75, 3.05) is 12.3 Å². The molecule has 0 atom stereocenters. The summed E-state index contributed by atoms with van der Waals surface area (Å²) in [4.78, 5) is 18.5. The number of H-pyrrole nitrogens is 1. The first-order chi connectivity index (χ1) is 8.20. The van der Waals surface area contributed by atoms with Crippen LogP contribution in [0.4, 0.5) is 5.95 Å². The first-order valence-corrected chi connectivity index (χ1v) is 5.40. The maximum atomic E-state index is 11.7. The van der Waals surface area contributed by atoms with Gasteiger partial charge in [-0.1, -0.05) is 12.1 Å². The van der Waals surface area contributed by atoms with Gasteiger partial charge in [0, 0.05) is 17.7 Å². The van der Waals surface area contributed by atoms with Gasteiger partial charge in [-0.2, -0.15) is 0 Å². The maximum absolute atomic E-state index is 11.7. The van der Waals surface area contributed by atoms with Crippen LogP contribution in [0.15, 0.2) is 30.5 Å². The molecule has 0 saturated heterocycles. The van der Waals surface area contributed by atoms with E-state index in [0.29, 0.717) is 18.1 Å². The number of nitrogens with one attached hydrogen (secondary N) is 2. The van der Waals surface area contributed by atoms with E-state index in [1.165, 1.54) is 0 Å². The number of hydrogen-bond acceptors (Lipinski definition) is 3. The van der Waals surface area contributed by atoms with Gasteiger partial charge in [-0.15, -0.1) is 0 Å². The van der Waals surface area contributed by atoms with Crippen LogP contribution in [-0.2, 0) is 0 Å². The highest BCUT2D eigenvalue weighted by Crippen LogP contribution is 2.18. The molecule has 0 radical (unpaired) electrons. The number of carbonyl (C=O) groups is 1. The van der Waals surface area contributed by atoms with E-state index in [2.05, 4.69) is 15.3 Å². The van der Waals surface area contributed by atoms with Gasteiger partial charge in [0.2, 0.25) is 0 Å². The summed E-state index contributed by atoms with van der Waals surface area (Å²) in [6.45, 7) is 2.50. The number of nitrogen functional groups attached to an aromatic ring is 1. The molecular formula is C12H14N4O. The van der Waals surface area contributed by atoms with E-state index in [4.69, 9.17) is 5.73 Å². The molecule has 5 heteroatoms. The monoisotopic (exact) mass is 230 g/mol. The Morgan fingerprint density at radius 3 is 3.00 bits per heavy atom. The standard InChI is InChI=1S/C12H14N4O/c1-2-14-11(17)9-5-3-4-8(6-9)10-7-15-12(13)16-10/h3-7H,2H2,1H3,(H,14,17)(H3,13,15,16). The van der Waals surface area contributed by atoms with E-state index in [-0.39, 0.29) is 5.91 Å². The van der Waals surface area contributed by atoms with Crippen molar-refractivity contribution in [3.63, 3.8) is 0 Å². The molecule has 17 heavy (non-hydrogen) atoms. The van der Waals surface area contributed by atoms with E-state index in [0.717, 1.165) is 11.3 Å². The Hall–Kier alpha value is -2.30. The molecule has 1 heterocycles. The molecule has 0 spiro atoms. The first kappa shape index (κ1) is 11.2. The molecule has 1 aromatic heterocycles. The van der Waals surface area contributed by atoms with Crippen molar-refractivity contribution in [1.82, 2.24) is 15.3 Å². The molecule has 1 amide bonds. The minimum absolute atomic E-state index is 0.0816. The fourth-order valence-corrected chi connectivity index (χ4v) is 1.57. The average Bonchev–Trinajstić information content (AvgIpc) is 2.76. The topological polar surface area (TPSA) is 83.8 Å². The lowest BCUT2D eigenvalue weighted by Crippen LogP contribution is -2.22. The molecule has 5 nitrogen and oxygen atoms in total. The molecule has 1 aromatic carbocycles. The van der Waals surface area contributed by atoms with Gasteiger partial charge in [0.25, 0.3) is 5.91 Å². The van der Waals surface area contributed by atoms with Crippen molar-refractivity contribution >= 4 is 11.9 Å². The van der Waals surface area contributed by atoms with Crippen molar-refractivity contribution in [3.05, 3.63) is 36.0 Å². The predicted molar refractivity (Wildman–Crippen MR) is 66.4 cm³/mol. The lowest BCUT2D eigenvalue weighted by molar-refractivity contribution is 0.0956. The Morgan fingerprint density at radius 1 is 1.53 bits per heavy atom. The van der Waals surface area contributed by atoms with Crippen LogP contribution in [0.25, 0.3) is 11.3 Å². The number of amides is 1. The lowest BCUT2D eigenvalue weighted by Gasteiger charge is -2.03. The summed E-state index contributed by atoms with van der Waals surface area (Å²) in [7, 11) is 0. The van der Waals surface area contributed by atoms with Crippen LogP contribution >= 0.6 is 0 Å². The molecule has 0 aliphatic rings. The minimum Gasteiger partial charge on any atom is -0.369 e. The summed E-state index contributed by atoms with van der Waals surface area (Å²) in [5, 5.41) is 2.76. The van der Waals surface area contributed by atoms with E-state index >= 15 is 0 Å². The molecular weight excluding hydrogens is 216 g/mol. The summed E-state index contributed by atoms with van der Waals surface area (Å²) >= 11 is 0. The molecule has 0 aliphatic carbocycles. The van der Waals surface area contributed by atoms with Gasteiger partial charge in [-0.25, -0.2) is 4.98 Å². The molecule has 0 saturated carbocycles. The second kappa shape index (κ2) is 4.69.